The van der Waals surface area contributed by atoms with Gasteiger partial charge in [-0.15, -0.1) is 0 Å². The Morgan fingerprint density at radius 1 is 1.56 bits per heavy atom. The Morgan fingerprint density at radius 2 is 2.44 bits per heavy atom. The highest BCUT2D eigenvalue weighted by Crippen LogP contribution is 2.16. The highest BCUT2D eigenvalue weighted by Gasteiger charge is 2.28. The highest BCUT2D eigenvalue weighted by molar-refractivity contribution is 5.77. The molecule has 2 saturated heterocycles. The van der Waals surface area contributed by atoms with E-state index < -0.39 is 0 Å². The average Bonchev–Trinajstić information content (AvgIpc) is 2.81. The Hall–Kier alpha value is -0.650. The maximum absolute atomic E-state index is 12.1. The van der Waals surface area contributed by atoms with Crippen LogP contribution in [0.15, 0.2) is 0 Å². The smallest absolute Gasteiger partial charge is 0.223 e. The van der Waals surface area contributed by atoms with Gasteiger partial charge in [-0.25, -0.2) is 0 Å². The first kappa shape index (κ1) is 11.8. The Balaban J connectivity index is 1.86. The highest BCUT2D eigenvalue weighted by atomic mass is 16.5. The monoisotopic (exact) mass is 228 g/mol. The van der Waals surface area contributed by atoms with Gasteiger partial charge in [-0.05, 0) is 25.4 Å². The second-order valence-electron chi connectivity index (χ2n) is 4.56. The number of nitrogens with zero attached hydrogens (tertiary/aromatic N) is 1. The van der Waals surface area contributed by atoms with E-state index in [-0.39, 0.29) is 18.6 Å². The van der Waals surface area contributed by atoms with Gasteiger partial charge in [-0.1, -0.05) is 0 Å². The Kier molecular flexibility index (Phi) is 4.15. The average molecular weight is 228 g/mol. The van der Waals surface area contributed by atoms with E-state index in [1.54, 1.807) is 4.90 Å². The van der Waals surface area contributed by atoms with E-state index in [2.05, 4.69) is 5.32 Å². The summed E-state index contributed by atoms with van der Waals surface area (Å²) >= 11 is 0. The summed E-state index contributed by atoms with van der Waals surface area (Å²) in [4.78, 5) is 13.8. The van der Waals surface area contributed by atoms with E-state index in [0.717, 1.165) is 19.5 Å². The number of aliphatic hydroxyl groups excluding tert-OH is 1. The lowest BCUT2D eigenvalue weighted by Crippen LogP contribution is -2.50. The molecule has 0 spiro atoms. The molecule has 2 heterocycles. The van der Waals surface area contributed by atoms with Crippen LogP contribution >= 0.6 is 0 Å². The van der Waals surface area contributed by atoms with Crippen LogP contribution < -0.4 is 5.32 Å². The van der Waals surface area contributed by atoms with Crippen LogP contribution in [0.4, 0.5) is 0 Å². The zero-order chi connectivity index (χ0) is 11.4. The van der Waals surface area contributed by atoms with E-state index in [1.807, 2.05) is 0 Å². The quantitative estimate of drug-likeness (QED) is 0.664. The molecule has 2 aliphatic heterocycles. The van der Waals surface area contributed by atoms with Crippen LogP contribution in [0.25, 0.3) is 0 Å². The Morgan fingerprint density at radius 3 is 3.12 bits per heavy atom. The van der Waals surface area contributed by atoms with E-state index in [9.17, 15) is 9.90 Å². The largest absolute Gasteiger partial charge is 0.394 e. The molecule has 5 heteroatoms. The third-order valence-electron chi connectivity index (χ3n) is 3.38. The molecule has 0 radical (unpaired) electrons. The Labute approximate surface area is 95.8 Å². The fourth-order valence-corrected chi connectivity index (χ4v) is 2.39. The van der Waals surface area contributed by atoms with Crippen molar-refractivity contribution < 1.29 is 14.6 Å². The van der Waals surface area contributed by atoms with Gasteiger partial charge in [-0.3, -0.25) is 4.79 Å². The molecule has 0 bridgehead atoms. The number of morpholine rings is 1. The van der Waals surface area contributed by atoms with Gasteiger partial charge in [0.25, 0.3) is 0 Å². The summed E-state index contributed by atoms with van der Waals surface area (Å²) in [6.45, 7) is 3.62. The maximum Gasteiger partial charge on any atom is 0.223 e. The fraction of sp³-hybridized carbons (Fsp3) is 0.909. The third kappa shape index (κ3) is 2.72. The molecular formula is C11H20N2O3. The van der Waals surface area contributed by atoms with Crippen molar-refractivity contribution in [2.45, 2.75) is 18.9 Å². The second-order valence-corrected chi connectivity index (χ2v) is 4.56. The molecule has 0 aromatic carbocycles. The van der Waals surface area contributed by atoms with Gasteiger partial charge in [0.1, 0.15) is 0 Å². The molecule has 0 saturated carbocycles. The second kappa shape index (κ2) is 5.61. The van der Waals surface area contributed by atoms with Crippen molar-refractivity contribution in [2.75, 3.05) is 39.5 Å². The Bertz CT molecular complexity index is 241. The molecule has 2 atom stereocenters. The molecular weight excluding hydrogens is 208 g/mol. The molecule has 2 fully saturated rings. The lowest BCUT2D eigenvalue weighted by atomic mass is 10.0. The van der Waals surface area contributed by atoms with Gasteiger partial charge >= 0.3 is 0 Å². The van der Waals surface area contributed by atoms with Gasteiger partial charge in [0.05, 0.1) is 25.9 Å². The minimum absolute atomic E-state index is 0.00530. The standard InChI is InChI=1S/C11H20N2O3/c14-7-10-8-16-4-3-13(10)11(15)5-9-1-2-12-6-9/h9-10,12,14H,1-8H2. The first-order valence-corrected chi connectivity index (χ1v) is 6.00. The number of aliphatic hydroxyl groups is 1. The first-order chi connectivity index (χ1) is 7.81. The van der Waals surface area contributed by atoms with Crippen LogP contribution in [-0.4, -0.2) is 61.4 Å². The number of nitrogens with one attached hydrogen (secondary N) is 1. The number of hydrogen-bond acceptors (Lipinski definition) is 4. The van der Waals surface area contributed by atoms with Crippen LogP contribution in [0.3, 0.4) is 0 Å². The summed E-state index contributed by atoms with van der Waals surface area (Å²) in [6.07, 6.45) is 1.68. The lowest BCUT2D eigenvalue weighted by Gasteiger charge is -2.35. The predicted octanol–water partition coefficient (Wildman–Crippen LogP) is -0.794. The van der Waals surface area contributed by atoms with Gasteiger partial charge in [-0.2, -0.15) is 0 Å². The summed E-state index contributed by atoms with van der Waals surface area (Å²) in [6, 6.07) is -0.143. The normalized spacial score (nSPS) is 30.7. The van der Waals surface area contributed by atoms with Crippen molar-refractivity contribution in [1.82, 2.24) is 10.2 Å². The summed E-state index contributed by atoms with van der Waals surface area (Å²) in [5.41, 5.74) is 0. The van der Waals surface area contributed by atoms with Crippen molar-refractivity contribution >= 4 is 5.91 Å². The molecule has 5 nitrogen and oxygen atoms in total. The van der Waals surface area contributed by atoms with Crippen LogP contribution in [0, 0.1) is 5.92 Å². The summed E-state index contributed by atoms with van der Waals surface area (Å²) in [5, 5.41) is 12.4. The molecule has 92 valence electrons. The minimum atomic E-state index is -0.143. The molecule has 2 aliphatic rings. The lowest BCUT2D eigenvalue weighted by molar-refractivity contribution is -0.142. The molecule has 0 aromatic heterocycles. The van der Waals surface area contributed by atoms with E-state index in [4.69, 9.17) is 4.74 Å². The third-order valence-corrected chi connectivity index (χ3v) is 3.38. The van der Waals surface area contributed by atoms with E-state index in [1.165, 1.54) is 0 Å². The van der Waals surface area contributed by atoms with Crippen LogP contribution in [0.1, 0.15) is 12.8 Å². The van der Waals surface area contributed by atoms with Crippen LogP contribution in [0.2, 0.25) is 0 Å². The maximum atomic E-state index is 12.1. The van der Waals surface area contributed by atoms with Crippen molar-refractivity contribution in [1.29, 1.82) is 0 Å². The summed E-state index contributed by atoms with van der Waals surface area (Å²) in [5.74, 6) is 0.630. The molecule has 0 aromatic rings. The van der Waals surface area contributed by atoms with Crippen molar-refractivity contribution in [3.8, 4) is 0 Å². The van der Waals surface area contributed by atoms with Gasteiger partial charge in [0.2, 0.25) is 5.91 Å². The molecule has 1 amide bonds. The molecule has 16 heavy (non-hydrogen) atoms. The molecule has 2 unspecified atom stereocenters. The summed E-state index contributed by atoms with van der Waals surface area (Å²) < 4.78 is 5.26. The van der Waals surface area contributed by atoms with Crippen molar-refractivity contribution in [3.63, 3.8) is 0 Å². The number of amides is 1. The zero-order valence-electron chi connectivity index (χ0n) is 9.52. The first-order valence-electron chi connectivity index (χ1n) is 6.00. The SMILES string of the molecule is O=C(CC1CCNC1)N1CCOCC1CO. The molecule has 2 N–H and O–H groups in total. The molecule has 0 aliphatic carbocycles. The minimum Gasteiger partial charge on any atom is -0.394 e. The van der Waals surface area contributed by atoms with Crippen LogP contribution in [0.5, 0.6) is 0 Å². The van der Waals surface area contributed by atoms with E-state index in [0.29, 0.717) is 32.1 Å². The number of ether oxygens (including phenoxy) is 1. The molecule has 2 rings (SSSR count). The van der Waals surface area contributed by atoms with Crippen molar-refractivity contribution in [2.24, 2.45) is 5.92 Å². The summed E-state index contributed by atoms with van der Waals surface area (Å²) in [7, 11) is 0. The van der Waals surface area contributed by atoms with Gasteiger partial charge in [0.15, 0.2) is 0 Å². The predicted molar refractivity (Wildman–Crippen MR) is 59.0 cm³/mol. The van der Waals surface area contributed by atoms with E-state index >= 15 is 0 Å². The number of carbonyl (C=O) groups is 1. The zero-order valence-corrected chi connectivity index (χ0v) is 9.52. The van der Waals surface area contributed by atoms with Gasteiger partial charge in [0, 0.05) is 13.0 Å². The number of carbonyl (C=O) groups excluding carboxylic acids is 1. The number of rotatable bonds is 3. The fourth-order valence-electron chi connectivity index (χ4n) is 2.39. The topological polar surface area (TPSA) is 61.8 Å². The van der Waals surface area contributed by atoms with Gasteiger partial charge < -0.3 is 20.1 Å². The van der Waals surface area contributed by atoms with Crippen LogP contribution in [-0.2, 0) is 9.53 Å². The number of hydrogen-bond donors (Lipinski definition) is 2. The van der Waals surface area contributed by atoms with Crippen molar-refractivity contribution in [3.05, 3.63) is 0 Å².